The molecule has 0 spiro atoms. The van der Waals surface area contributed by atoms with Gasteiger partial charge < -0.3 is 20.2 Å². The smallest absolute Gasteiger partial charge is 0.462 e. The Morgan fingerprint density at radius 1 is 1.08 bits per heavy atom. The van der Waals surface area contributed by atoms with Gasteiger partial charge >= 0.3 is 30.4 Å². The van der Waals surface area contributed by atoms with Crippen LogP contribution in [0.5, 0.6) is 5.75 Å². The fourth-order valence-corrected chi connectivity index (χ4v) is 3.67. The van der Waals surface area contributed by atoms with E-state index in [1.807, 2.05) is 0 Å². The van der Waals surface area contributed by atoms with Crippen LogP contribution in [0.2, 0.25) is 5.15 Å². The van der Waals surface area contributed by atoms with E-state index in [0.717, 1.165) is 18.5 Å². The van der Waals surface area contributed by atoms with Crippen LogP contribution in [0.15, 0.2) is 35.1 Å². The highest BCUT2D eigenvalue weighted by Gasteiger charge is 2.73. The summed E-state index contributed by atoms with van der Waals surface area (Å²) < 4.78 is 140. The summed E-state index contributed by atoms with van der Waals surface area (Å²) in [6.45, 7) is 1.46. The van der Waals surface area contributed by atoms with E-state index in [9.17, 15) is 48.7 Å². The van der Waals surface area contributed by atoms with Crippen molar-refractivity contribution in [3.8, 4) is 5.75 Å². The number of ether oxygens (including phenoxy) is 2. The maximum absolute atomic E-state index is 14.5. The maximum Gasteiger partial charge on any atom is 0.573 e. The number of esters is 1. The minimum absolute atomic E-state index is 0.0343. The number of nitrogens with zero attached hydrogens (tertiary/aromatic N) is 1. The van der Waals surface area contributed by atoms with Gasteiger partial charge in [0.05, 0.1) is 17.9 Å². The van der Waals surface area contributed by atoms with Crippen molar-refractivity contribution >= 4 is 51.0 Å². The number of aromatic nitrogens is 1. The van der Waals surface area contributed by atoms with E-state index < -0.39 is 57.9 Å². The average Bonchev–Trinajstić information content (AvgIpc) is 2.78. The first-order valence-electron chi connectivity index (χ1n) is 9.99. The SMILES string of the molecule is CCOC(=O)c1cc(/C(C=N)=C/Nc2c(Br)cc(C(F)(C(F)(F)F)C(F)(F)F)cc2OC(F)(F)F)cnc1Cl. The highest BCUT2D eigenvalue weighted by molar-refractivity contribution is 9.10. The predicted molar refractivity (Wildman–Crippen MR) is 121 cm³/mol. The molecule has 39 heavy (non-hydrogen) atoms. The number of pyridine rings is 1. The molecule has 2 aromatic rings. The summed E-state index contributed by atoms with van der Waals surface area (Å²) in [5, 5.41) is 9.41. The fourth-order valence-electron chi connectivity index (χ4n) is 2.93. The molecule has 0 unspecified atom stereocenters. The first kappa shape index (κ1) is 32.1. The zero-order valence-electron chi connectivity index (χ0n) is 18.9. The van der Waals surface area contributed by atoms with Gasteiger partial charge in [-0.2, -0.15) is 26.3 Å². The quantitative estimate of drug-likeness (QED) is 0.130. The number of alkyl halides is 10. The van der Waals surface area contributed by atoms with E-state index in [0.29, 0.717) is 6.21 Å². The van der Waals surface area contributed by atoms with Crippen LogP contribution in [0.4, 0.5) is 49.6 Å². The summed E-state index contributed by atoms with van der Waals surface area (Å²) in [5.41, 5.74) is -9.71. The molecule has 0 aliphatic heterocycles. The first-order chi connectivity index (χ1) is 17.8. The third kappa shape index (κ3) is 7.12. The number of rotatable bonds is 8. The minimum Gasteiger partial charge on any atom is -0.462 e. The molecule has 0 aliphatic rings. The van der Waals surface area contributed by atoms with Gasteiger partial charge in [-0.15, -0.1) is 13.2 Å². The number of allylic oxidation sites excluding steroid dienone is 1. The molecule has 6 nitrogen and oxygen atoms in total. The summed E-state index contributed by atoms with van der Waals surface area (Å²) in [6, 6.07) is 0.649. The van der Waals surface area contributed by atoms with E-state index in [4.69, 9.17) is 21.7 Å². The Morgan fingerprint density at radius 2 is 1.67 bits per heavy atom. The Kier molecular flexibility index (Phi) is 9.54. The second kappa shape index (κ2) is 11.6. The van der Waals surface area contributed by atoms with Crippen molar-refractivity contribution in [3.63, 3.8) is 0 Å². The summed E-state index contributed by atoms with van der Waals surface area (Å²) in [7, 11) is 0. The van der Waals surface area contributed by atoms with Gasteiger partial charge in [0.25, 0.3) is 0 Å². The molecule has 2 rings (SSSR count). The van der Waals surface area contributed by atoms with E-state index >= 15 is 0 Å². The summed E-state index contributed by atoms with van der Waals surface area (Å²) in [5.74, 6) is -2.58. The molecule has 214 valence electrons. The highest BCUT2D eigenvalue weighted by atomic mass is 79.9. The lowest BCUT2D eigenvalue weighted by atomic mass is 9.93. The Hall–Kier alpha value is -3.08. The van der Waals surface area contributed by atoms with Crippen LogP contribution in [0, 0.1) is 5.41 Å². The fraction of sp³-hybridized carbons (Fsp3) is 0.286. The molecule has 1 aromatic carbocycles. The van der Waals surface area contributed by atoms with Crippen LogP contribution in [-0.4, -0.2) is 42.5 Å². The normalized spacial score (nSPS) is 13.2. The lowest BCUT2D eigenvalue weighted by Gasteiger charge is -2.31. The molecule has 0 bridgehead atoms. The Bertz CT molecular complexity index is 1270. The Balaban J connectivity index is 2.68. The summed E-state index contributed by atoms with van der Waals surface area (Å²) in [4.78, 5) is 15.8. The van der Waals surface area contributed by atoms with Gasteiger partial charge in [-0.1, -0.05) is 11.6 Å². The van der Waals surface area contributed by atoms with Gasteiger partial charge in [-0.05, 0) is 41.1 Å². The maximum atomic E-state index is 14.5. The molecule has 0 radical (unpaired) electrons. The van der Waals surface area contributed by atoms with E-state index in [2.05, 4.69) is 31.0 Å². The highest BCUT2D eigenvalue weighted by Crippen LogP contribution is 2.55. The van der Waals surface area contributed by atoms with Crippen LogP contribution < -0.4 is 10.1 Å². The number of carbonyl (C=O) groups is 1. The molecule has 0 saturated carbocycles. The van der Waals surface area contributed by atoms with Gasteiger partial charge in [-0.25, -0.2) is 14.2 Å². The molecule has 18 heteroatoms. The predicted octanol–water partition coefficient (Wildman–Crippen LogP) is 7.96. The lowest BCUT2D eigenvalue weighted by Crippen LogP contribution is -2.50. The minimum atomic E-state index is -6.61. The number of anilines is 1. The van der Waals surface area contributed by atoms with E-state index in [1.165, 1.54) is 6.92 Å². The van der Waals surface area contributed by atoms with E-state index in [-0.39, 0.29) is 34.5 Å². The van der Waals surface area contributed by atoms with Crippen LogP contribution in [0.1, 0.15) is 28.4 Å². The molecule has 0 saturated heterocycles. The number of carbonyl (C=O) groups excluding carboxylic acids is 1. The molecular formula is C21H13BrClF10N3O3. The third-order valence-corrected chi connectivity index (χ3v) is 5.58. The van der Waals surface area contributed by atoms with Gasteiger partial charge in [0, 0.05) is 39.8 Å². The number of benzene rings is 1. The number of hydrogen-bond acceptors (Lipinski definition) is 6. The zero-order valence-corrected chi connectivity index (χ0v) is 21.2. The van der Waals surface area contributed by atoms with Crippen molar-refractivity contribution in [2.75, 3.05) is 11.9 Å². The summed E-state index contributed by atoms with van der Waals surface area (Å²) >= 11 is 8.37. The van der Waals surface area contributed by atoms with Crippen LogP contribution in [0.3, 0.4) is 0 Å². The zero-order chi connectivity index (χ0) is 30.0. The van der Waals surface area contributed by atoms with Gasteiger partial charge in [0.2, 0.25) is 0 Å². The molecule has 2 N–H and O–H groups in total. The second-order valence-corrected chi connectivity index (χ2v) is 8.42. The molecule has 0 amide bonds. The van der Waals surface area contributed by atoms with Crippen molar-refractivity contribution < 1.29 is 58.2 Å². The standard InChI is InChI=1S/C21H13BrClF10N3O3/c1-2-38-17(37)12-3-9(7-36-16(12)23)10(6-34)8-35-15-13(22)4-11(5-14(15)39-21(31,32)33)18(24,19(25,26)27)20(28,29)30/h3-8,34-35H,2H2,1H3/b10-8+,34-6?. The van der Waals surface area contributed by atoms with Crippen LogP contribution in [0.25, 0.3) is 5.57 Å². The Labute approximate surface area is 225 Å². The molecular weight excluding hydrogens is 648 g/mol. The summed E-state index contributed by atoms with van der Waals surface area (Å²) in [6.07, 6.45) is -16.4. The first-order valence-corrected chi connectivity index (χ1v) is 11.2. The van der Waals surface area contributed by atoms with Crippen molar-refractivity contribution in [3.05, 3.63) is 56.9 Å². The monoisotopic (exact) mass is 659 g/mol. The molecule has 1 aromatic heterocycles. The number of hydrogen-bond donors (Lipinski definition) is 2. The third-order valence-electron chi connectivity index (χ3n) is 4.65. The largest absolute Gasteiger partial charge is 0.573 e. The number of halogens is 12. The number of nitrogens with one attached hydrogen (secondary N) is 2. The Morgan fingerprint density at radius 3 is 2.15 bits per heavy atom. The molecule has 1 heterocycles. The van der Waals surface area contributed by atoms with Crippen molar-refractivity contribution in [2.24, 2.45) is 0 Å². The van der Waals surface area contributed by atoms with Crippen molar-refractivity contribution in [1.82, 2.24) is 4.98 Å². The topological polar surface area (TPSA) is 84.3 Å². The van der Waals surface area contributed by atoms with Crippen molar-refractivity contribution in [1.29, 1.82) is 5.41 Å². The molecule has 0 fully saturated rings. The van der Waals surface area contributed by atoms with Crippen molar-refractivity contribution in [2.45, 2.75) is 31.3 Å². The second-order valence-electron chi connectivity index (χ2n) is 7.20. The van der Waals surface area contributed by atoms with E-state index in [1.54, 1.807) is 0 Å². The van der Waals surface area contributed by atoms with Gasteiger partial charge in [0.15, 0.2) is 5.75 Å². The van der Waals surface area contributed by atoms with Crippen LogP contribution >= 0.6 is 27.5 Å². The molecule has 0 atom stereocenters. The molecule has 0 aliphatic carbocycles. The average molecular weight is 661 g/mol. The lowest BCUT2D eigenvalue weighted by molar-refractivity contribution is -0.348. The van der Waals surface area contributed by atoms with Gasteiger partial charge in [0.1, 0.15) is 5.15 Å². The van der Waals surface area contributed by atoms with Crippen LogP contribution in [-0.2, 0) is 10.4 Å². The van der Waals surface area contributed by atoms with Gasteiger partial charge in [-0.3, -0.25) is 0 Å².